The van der Waals surface area contributed by atoms with Gasteiger partial charge in [0.1, 0.15) is 5.69 Å². The van der Waals surface area contributed by atoms with Crippen LogP contribution in [0.4, 0.5) is 18.9 Å². The van der Waals surface area contributed by atoms with Crippen molar-refractivity contribution in [1.29, 1.82) is 0 Å². The van der Waals surface area contributed by atoms with Gasteiger partial charge in [-0.15, -0.1) is 0 Å². The van der Waals surface area contributed by atoms with Crippen LogP contribution in [0.1, 0.15) is 33.7 Å². The number of aromatic nitrogens is 2. The second kappa shape index (κ2) is 9.97. The number of benzene rings is 3. The molecule has 0 atom stereocenters. The molecule has 1 aromatic heterocycles. The average Bonchev–Trinajstić information content (AvgIpc) is 3.22. The molecule has 2 heterocycles. The van der Waals surface area contributed by atoms with E-state index in [1.54, 1.807) is 66.7 Å². The van der Waals surface area contributed by atoms with Crippen molar-refractivity contribution in [2.24, 2.45) is 5.73 Å². The van der Waals surface area contributed by atoms with Gasteiger partial charge in [-0.2, -0.15) is 18.3 Å². The minimum atomic E-state index is -4.74. The van der Waals surface area contributed by atoms with Crippen LogP contribution in [0.3, 0.4) is 0 Å². The van der Waals surface area contributed by atoms with Gasteiger partial charge in [0, 0.05) is 36.2 Å². The Labute approximate surface area is 223 Å². The smallest absolute Gasteiger partial charge is 0.326 e. The lowest BCUT2D eigenvalue weighted by molar-refractivity contribution is -0.142. The van der Waals surface area contributed by atoms with Crippen LogP contribution in [0, 0.1) is 0 Å². The largest absolute Gasteiger partial charge is 0.435 e. The molecule has 1 amide bonds. The summed E-state index contributed by atoms with van der Waals surface area (Å²) in [5.41, 5.74) is 6.97. The van der Waals surface area contributed by atoms with Crippen molar-refractivity contribution in [3.05, 3.63) is 95.3 Å². The summed E-state index contributed by atoms with van der Waals surface area (Å²) in [5.74, 6) is -0.610. The quantitative estimate of drug-likeness (QED) is 0.374. The van der Waals surface area contributed by atoms with Gasteiger partial charge >= 0.3 is 6.18 Å². The molecule has 0 aliphatic carbocycles. The molecule has 3 aromatic carbocycles. The third kappa shape index (κ3) is 4.95. The molecule has 0 spiro atoms. The number of nitrogens with zero attached hydrogens (tertiary/aromatic N) is 3. The van der Waals surface area contributed by atoms with Crippen LogP contribution in [-0.4, -0.2) is 36.9 Å². The highest BCUT2D eigenvalue weighted by Crippen LogP contribution is 2.37. The molecule has 11 heteroatoms. The number of sulfone groups is 1. The van der Waals surface area contributed by atoms with E-state index < -0.39 is 27.6 Å². The fourth-order valence-electron chi connectivity index (χ4n) is 4.94. The maximum atomic E-state index is 14.0. The Hall–Kier alpha value is -3.96. The third-order valence-electron chi connectivity index (χ3n) is 6.72. The molecule has 0 radical (unpaired) electrons. The standard InChI is InChI=1S/C28H25F3N4O3S/c1-39(37,38)24-11-5-3-8-21(24)18-12-14-20(15-13-18)34-16-6-9-22-25(27(34)36)35(33-26(22)28(29,30)31)23-10-4-2-7-19(23)17-32/h2-5,7-8,10-15H,6,9,16-17,32H2,1H3. The Bertz CT molecular complexity index is 1660. The van der Waals surface area contributed by atoms with Gasteiger partial charge in [0.2, 0.25) is 0 Å². The number of hydrogen-bond acceptors (Lipinski definition) is 5. The summed E-state index contributed by atoms with van der Waals surface area (Å²) in [7, 11) is -3.48. The number of anilines is 1. The molecule has 1 aliphatic rings. The number of nitrogens with two attached hydrogens (primary N) is 1. The normalized spacial score (nSPS) is 14.3. The Kier molecular flexibility index (Phi) is 6.81. The van der Waals surface area contributed by atoms with Crippen molar-refractivity contribution in [1.82, 2.24) is 9.78 Å². The first-order valence-corrected chi connectivity index (χ1v) is 14.1. The van der Waals surface area contributed by atoms with Crippen LogP contribution in [0.25, 0.3) is 16.8 Å². The number of hydrogen-bond donors (Lipinski definition) is 1. The molecule has 0 saturated carbocycles. The molecule has 0 unspecified atom stereocenters. The van der Waals surface area contributed by atoms with E-state index in [-0.39, 0.29) is 35.7 Å². The van der Waals surface area contributed by atoms with E-state index in [1.807, 2.05) is 0 Å². The van der Waals surface area contributed by atoms with Crippen molar-refractivity contribution in [3.63, 3.8) is 0 Å². The first-order chi connectivity index (χ1) is 18.5. The highest BCUT2D eigenvalue weighted by atomic mass is 32.2. The highest BCUT2D eigenvalue weighted by molar-refractivity contribution is 7.90. The fourth-order valence-corrected chi connectivity index (χ4v) is 5.85. The van der Waals surface area contributed by atoms with Gasteiger partial charge in [0.25, 0.3) is 5.91 Å². The minimum absolute atomic E-state index is 0.0248. The number of carbonyl (C=O) groups is 1. The summed E-state index contributed by atoms with van der Waals surface area (Å²) in [6.45, 7) is 0.253. The van der Waals surface area contributed by atoms with E-state index in [9.17, 15) is 26.4 Å². The number of alkyl halides is 3. The fraction of sp³-hybridized carbons (Fsp3) is 0.214. The number of fused-ring (bicyclic) bond motifs is 1. The summed E-state index contributed by atoms with van der Waals surface area (Å²) in [4.78, 5) is 15.5. The van der Waals surface area contributed by atoms with Gasteiger partial charge in [-0.3, -0.25) is 4.79 Å². The number of halogens is 3. The molecule has 7 nitrogen and oxygen atoms in total. The minimum Gasteiger partial charge on any atom is -0.326 e. The summed E-state index contributed by atoms with van der Waals surface area (Å²) < 4.78 is 67.6. The predicted molar refractivity (Wildman–Crippen MR) is 141 cm³/mol. The van der Waals surface area contributed by atoms with Crippen molar-refractivity contribution in [2.45, 2.75) is 30.5 Å². The average molecular weight is 555 g/mol. The van der Waals surface area contributed by atoms with E-state index in [0.29, 0.717) is 34.5 Å². The summed E-state index contributed by atoms with van der Waals surface area (Å²) in [6, 6.07) is 20.0. The molecule has 0 saturated heterocycles. The zero-order valence-electron chi connectivity index (χ0n) is 20.9. The molecule has 0 fully saturated rings. The first kappa shape index (κ1) is 26.6. The number of amides is 1. The number of para-hydroxylation sites is 1. The molecule has 5 rings (SSSR count). The van der Waals surface area contributed by atoms with Crippen molar-refractivity contribution < 1.29 is 26.4 Å². The lowest BCUT2D eigenvalue weighted by atomic mass is 10.0. The van der Waals surface area contributed by atoms with E-state index in [1.165, 1.54) is 11.0 Å². The van der Waals surface area contributed by atoms with Crippen molar-refractivity contribution in [2.75, 3.05) is 17.7 Å². The maximum absolute atomic E-state index is 14.0. The number of rotatable bonds is 5. The second-order valence-corrected chi connectivity index (χ2v) is 11.3. The van der Waals surface area contributed by atoms with Crippen LogP contribution in [0.2, 0.25) is 0 Å². The lowest BCUT2D eigenvalue weighted by Gasteiger charge is -2.22. The molecule has 0 bridgehead atoms. The summed E-state index contributed by atoms with van der Waals surface area (Å²) in [5, 5.41) is 3.88. The van der Waals surface area contributed by atoms with Gasteiger partial charge in [-0.05, 0) is 48.2 Å². The third-order valence-corrected chi connectivity index (χ3v) is 7.88. The maximum Gasteiger partial charge on any atom is 0.435 e. The highest BCUT2D eigenvalue weighted by Gasteiger charge is 2.42. The van der Waals surface area contributed by atoms with Crippen LogP contribution >= 0.6 is 0 Å². The van der Waals surface area contributed by atoms with Gasteiger partial charge in [0.15, 0.2) is 15.5 Å². The molecule has 202 valence electrons. The second-order valence-electron chi connectivity index (χ2n) is 9.29. The molecule has 1 aliphatic heterocycles. The summed E-state index contributed by atoms with van der Waals surface area (Å²) >= 11 is 0. The lowest BCUT2D eigenvalue weighted by Crippen LogP contribution is -2.32. The van der Waals surface area contributed by atoms with E-state index >= 15 is 0 Å². The van der Waals surface area contributed by atoms with Crippen LogP contribution in [0.5, 0.6) is 0 Å². The molecular formula is C28H25F3N4O3S. The van der Waals surface area contributed by atoms with E-state index in [4.69, 9.17) is 5.73 Å². The summed E-state index contributed by atoms with van der Waals surface area (Å²) in [6.07, 6.45) is -3.28. The van der Waals surface area contributed by atoms with Gasteiger partial charge in [0.05, 0.1) is 10.6 Å². The van der Waals surface area contributed by atoms with E-state index in [0.717, 1.165) is 10.9 Å². The van der Waals surface area contributed by atoms with Gasteiger partial charge in [-0.25, -0.2) is 13.1 Å². The van der Waals surface area contributed by atoms with E-state index in [2.05, 4.69) is 5.10 Å². The molecular weight excluding hydrogens is 529 g/mol. The Balaban J connectivity index is 1.60. The van der Waals surface area contributed by atoms with Crippen molar-refractivity contribution >= 4 is 21.4 Å². The van der Waals surface area contributed by atoms with Gasteiger partial charge in [-0.1, -0.05) is 48.5 Å². The van der Waals surface area contributed by atoms with Gasteiger partial charge < -0.3 is 10.6 Å². The number of carbonyl (C=O) groups excluding carboxylic acids is 1. The predicted octanol–water partition coefficient (Wildman–Crippen LogP) is 5.01. The first-order valence-electron chi connectivity index (χ1n) is 12.2. The van der Waals surface area contributed by atoms with Crippen LogP contribution < -0.4 is 10.6 Å². The Morgan fingerprint density at radius 1 is 0.974 bits per heavy atom. The zero-order valence-corrected chi connectivity index (χ0v) is 21.8. The Morgan fingerprint density at radius 2 is 1.64 bits per heavy atom. The Morgan fingerprint density at radius 3 is 2.31 bits per heavy atom. The SMILES string of the molecule is CS(=O)(=O)c1ccccc1-c1ccc(N2CCCc3c(C(F)(F)F)nn(-c4ccccc4CN)c3C2=O)cc1. The molecule has 4 aromatic rings. The molecule has 39 heavy (non-hydrogen) atoms. The topological polar surface area (TPSA) is 98.3 Å². The molecule has 2 N–H and O–H groups in total. The van der Waals surface area contributed by atoms with Crippen LogP contribution in [-0.2, 0) is 29.0 Å². The zero-order chi connectivity index (χ0) is 27.9. The monoisotopic (exact) mass is 554 g/mol. The van der Waals surface area contributed by atoms with Crippen LogP contribution in [0.15, 0.2) is 77.7 Å². The van der Waals surface area contributed by atoms with Crippen molar-refractivity contribution in [3.8, 4) is 16.8 Å².